The summed E-state index contributed by atoms with van der Waals surface area (Å²) >= 11 is 0. The van der Waals surface area contributed by atoms with Crippen LogP contribution >= 0.6 is 0 Å². The molecule has 1 fully saturated rings. The minimum Gasteiger partial charge on any atom is -0.478 e. The molecule has 0 spiro atoms. The summed E-state index contributed by atoms with van der Waals surface area (Å²) in [6.07, 6.45) is 10.8. The van der Waals surface area contributed by atoms with E-state index in [1.807, 2.05) is 0 Å². The third-order valence-corrected chi connectivity index (χ3v) is 7.58. The number of hydrogen-bond donors (Lipinski definition) is 3. The van der Waals surface area contributed by atoms with Crippen LogP contribution in [-0.2, 0) is 6.42 Å². The summed E-state index contributed by atoms with van der Waals surface area (Å²) in [7, 11) is 2.13. The molecule has 5 rings (SSSR count). The van der Waals surface area contributed by atoms with Crippen molar-refractivity contribution >= 4 is 23.0 Å². The molecule has 0 unspecified atom stereocenters. The van der Waals surface area contributed by atoms with Crippen LogP contribution in [0.4, 0.5) is 17.1 Å². The minimum absolute atomic E-state index is 0.106. The van der Waals surface area contributed by atoms with E-state index in [1.165, 1.54) is 72.4 Å². The average molecular weight is 471 g/mol. The second kappa shape index (κ2) is 10.5. The fourth-order valence-corrected chi connectivity index (χ4v) is 5.52. The van der Waals surface area contributed by atoms with Crippen molar-refractivity contribution in [1.82, 2.24) is 10.3 Å². The van der Waals surface area contributed by atoms with Crippen molar-refractivity contribution < 1.29 is 9.90 Å². The van der Waals surface area contributed by atoms with E-state index in [0.717, 1.165) is 18.9 Å². The highest BCUT2D eigenvalue weighted by atomic mass is 16.4. The highest BCUT2D eigenvalue weighted by molar-refractivity contribution is 5.93. The largest absolute Gasteiger partial charge is 0.478 e. The molecule has 3 aromatic rings. The molecule has 2 aliphatic rings. The van der Waals surface area contributed by atoms with Crippen molar-refractivity contribution in [2.45, 2.75) is 50.5 Å². The molecule has 6 heteroatoms. The number of hydrogen-bond acceptors (Lipinski definition) is 5. The number of nitrogens with zero attached hydrogens (tertiary/aromatic N) is 2. The summed E-state index contributed by atoms with van der Waals surface area (Å²) in [6, 6.07) is 17.5. The number of carbonyl (C=O) groups is 1. The van der Waals surface area contributed by atoms with Crippen LogP contribution in [0, 0.1) is 0 Å². The molecule has 1 saturated carbocycles. The van der Waals surface area contributed by atoms with Crippen LogP contribution in [0.3, 0.4) is 0 Å². The van der Waals surface area contributed by atoms with E-state index in [2.05, 4.69) is 70.0 Å². The van der Waals surface area contributed by atoms with Gasteiger partial charge in [-0.2, -0.15) is 0 Å². The Morgan fingerprint density at radius 2 is 1.86 bits per heavy atom. The van der Waals surface area contributed by atoms with Gasteiger partial charge in [0.25, 0.3) is 0 Å². The normalized spacial score (nSPS) is 18.0. The predicted octanol–water partition coefficient (Wildman–Crippen LogP) is 5.89. The molecule has 1 aliphatic heterocycles. The molecule has 1 aliphatic carbocycles. The Labute approximate surface area is 207 Å². The second-order valence-corrected chi connectivity index (χ2v) is 9.73. The maximum atomic E-state index is 11.5. The van der Waals surface area contributed by atoms with Gasteiger partial charge in [0.05, 0.1) is 17.4 Å². The Balaban J connectivity index is 1.29. The van der Waals surface area contributed by atoms with E-state index >= 15 is 0 Å². The van der Waals surface area contributed by atoms with Gasteiger partial charge in [0, 0.05) is 37.2 Å². The van der Waals surface area contributed by atoms with Crippen LogP contribution in [-0.4, -0.2) is 36.2 Å². The van der Waals surface area contributed by atoms with Gasteiger partial charge in [-0.1, -0.05) is 37.5 Å². The molecule has 0 radical (unpaired) electrons. The fraction of sp³-hybridized carbons (Fsp3) is 0.379. The number of carboxylic acids is 1. The quantitative estimate of drug-likeness (QED) is 0.399. The Morgan fingerprint density at radius 3 is 2.63 bits per heavy atom. The predicted molar refractivity (Wildman–Crippen MR) is 141 cm³/mol. The lowest BCUT2D eigenvalue weighted by Crippen LogP contribution is -2.34. The molecule has 0 amide bonds. The van der Waals surface area contributed by atoms with Crippen LogP contribution in [0.2, 0.25) is 0 Å². The van der Waals surface area contributed by atoms with E-state index in [-0.39, 0.29) is 11.6 Å². The van der Waals surface area contributed by atoms with E-state index in [0.29, 0.717) is 12.2 Å². The maximum absolute atomic E-state index is 11.5. The zero-order valence-corrected chi connectivity index (χ0v) is 20.3. The van der Waals surface area contributed by atoms with Crippen molar-refractivity contribution in [3.63, 3.8) is 0 Å². The van der Waals surface area contributed by atoms with Crippen LogP contribution in [0.25, 0.3) is 0 Å². The third-order valence-electron chi connectivity index (χ3n) is 7.58. The topological polar surface area (TPSA) is 77.5 Å². The summed E-state index contributed by atoms with van der Waals surface area (Å²) in [4.78, 5) is 17.8. The van der Waals surface area contributed by atoms with Crippen molar-refractivity contribution in [3.05, 3.63) is 83.2 Å². The standard InChI is InChI=1S/C29H34N4O2/c1-33(23-9-7-21(8-10-23)20-5-3-2-4-6-20)24-11-12-25-22(17-24)13-16-31-28(25)19-32-27-18-30-15-14-26(27)29(34)35/h7-12,14-15,17-18,20,28,31-32H,2-6,13,16,19H2,1H3,(H,34,35)/t28-/m1/s1. The van der Waals surface area contributed by atoms with Gasteiger partial charge < -0.3 is 20.6 Å². The first-order valence-electron chi connectivity index (χ1n) is 12.7. The van der Waals surface area contributed by atoms with Crippen LogP contribution < -0.4 is 15.5 Å². The van der Waals surface area contributed by atoms with Gasteiger partial charge in [-0.25, -0.2) is 4.79 Å². The number of fused-ring (bicyclic) bond motifs is 1. The molecular formula is C29H34N4O2. The van der Waals surface area contributed by atoms with Gasteiger partial charge in [0.1, 0.15) is 0 Å². The molecule has 0 saturated heterocycles. The number of benzene rings is 2. The molecular weight excluding hydrogens is 436 g/mol. The number of nitrogens with one attached hydrogen (secondary N) is 2. The third kappa shape index (κ3) is 5.17. The lowest BCUT2D eigenvalue weighted by molar-refractivity contribution is 0.0697. The van der Waals surface area contributed by atoms with Crippen LogP contribution in [0.15, 0.2) is 60.9 Å². The maximum Gasteiger partial charge on any atom is 0.337 e. The highest BCUT2D eigenvalue weighted by Gasteiger charge is 2.22. The SMILES string of the molecule is CN(c1ccc(C2CCCCC2)cc1)c1ccc2c(c1)CCN[C@@H]2CNc1cnccc1C(=O)O. The van der Waals surface area contributed by atoms with E-state index < -0.39 is 5.97 Å². The van der Waals surface area contributed by atoms with Gasteiger partial charge in [-0.05, 0) is 78.7 Å². The first-order valence-corrected chi connectivity index (χ1v) is 12.7. The summed E-state index contributed by atoms with van der Waals surface area (Å²) in [5.74, 6) is -0.227. The molecule has 2 heterocycles. The number of aromatic carboxylic acids is 1. The Kier molecular flexibility index (Phi) is 7.00. The molecule has 182 valence electrons. The number of rotatable bonds is 7. The van der Waals surface area contributed by atoms with Crippen molar-refractivity contribution in [3.8, 4) is 0 Å². The molecule has 6 nitrogen and oxygen atoms in total. The summed E-state index contributed by atoms with van der Waals surface area (Å²) in [5, 5.41) is 16.3. The van der Waals surface area contributed by atoms with Gasteiger partial charge in [-0.15, -0.1) is 0 Å². The molecule has 1 atom stereocenters. The van der Waals surface area contributed by atoms with Crippen LogP contribution in [0.5, 0.6) is 0 Å². The zero-order valence-electron chi connectivity index (χ0n) is 20.3. The highest BCUT2D eigenvalue weighted by Crippen LogP contribution is 2.35. The number of aromatic nitrogens is 1. The molecule has 1 aromatic heterocycles. The van der Waals surface area contributed by atoms with Gasteiger partial charge in [0.15, 0.2) is 0 Å². The Bertz CT molecular complexity index is 1170. The molecule has 0 bridgehead atoms. The van der Waals surface area contributed by atoms with Gasteiger partial charge in [0.2, 0.25) is 0 Å². The Morgan fingerprint density at radius 1 is 1.09 bits per heavy atom. The van der Waals surface area contributed by atoms with Crippen LogP contribution in [0.1, 0.15) is 71.1 Å². The zero-order chi connectivity index (χ0) is 24.2. The summed E-state index contributed by atoms with van der Waals surface area (Å²) < 4.78 is 0. The van der Waals surface area contributed by atoms with Crippen molar-refractivity contribution in [1.29, 1.82) is 0 Å². The lowest BCUT2D eigenvalue weighted by atomic mass is 9.84. The first kappa shape index (κ1) is 23.4. The van der Waals surface area contributed by atoms with Gasteiger partial charge >= 0.3 is 5.97 Å². The molecule has 35 heavy (non-hydrogen) atoms. The monoisotopic (exact) mass is 470 g/mol. The smallest absolute Gasteiger partial charge is 0.337 e. The summed E-state index contributed by atoms with van der Waals surface area (Å²) in [6.45, 7) is 1.48. The number of anilines is 3. The summed E-state index contributed by atoms with van der Waals surface area (Å²) in [5.41, 5.74) is 7.24. The van der Waals surface area contributed by atoms with E-state index in [1.54, 1.807) is 6.20 Å². The van der Waals surface area contributed by atoms with E-state index in [4.69, 9.17) is 0 Å². The van der Waals surface area contributed by atoms with Gasteiger partial charge in [-0.3, -0.25) is 4.98 Å². The average Bonchev–Trinajstić information content (AvgIpc) is 2.92. The van der Waals surface area contributed by atoms with Crippen molar-refractivity contribution in [2.24, 2.45) is 0 Å². The number of pyridine rings is 1. The lowest BCUT2D eigenvalue weighted by Gasteiger charge is -2.30. The second-order valence-electron chi connectivity index (χ2n) is 9.73. The van der Waals surface area contributed by atoms with Crippen molar-refractivity contribution in [2.75, 3.05) is 30.4 Å². The molecule has 3 N–H and O–H groups in total. The first-order chi connectivity index (χ1) is 17.1. The fourth-order valence-electron chi connectivity index (χ4n) is 5.52. The minimum atomic E-state index is -0.952. The Hall–Kier alpha value is -3.38. The molecule has 2 aromatic carbocycles. The number of carboxylic acid groups (broad SMARTS) is 1. The van der Waals surface area contributed by atoms with E-state index in [9.17, 15) is 9.90 Å².